The summed E-state index contributed by atoms with van der Waals surface area (Å²) in [6.07, 6.45) is 8.53. The van der Waals surface area contributed by atoms with Gasteiger partial charge in [0.05, 0.1) is 24.5 Å². The van der Waals surface area contributed by atoms with Crippen LogP contribution < -0.4 is 0 Å². The number of likely N-dealkylation sites (tertiary alicyclic amines) is 1. The third-order valence-corrected chi connectivity index (χ3v) is 7.86. The summed E-state index contributed by atoms with van der Waals surface area (Å²) in [7, 11) is 0. The zero-order valence-electron chi connectivity index (χ0n) is 24.7. The van der Waals surface area contributed by atoms with Crippen molar-refractivity contribution >= 4 is 17.8 Å². The Labute approximate surface area is 250 Å². The molecule has 0 aromatic heterocycles. The van der Waals surface area contributed by atoms with Gasteiger partial charge in [-0.25, -0.2) is 0 Å². The Morgan fingerprint density at radius 3 is 2.33 bits per heavy atom. The van der Waals surface area contributed by atoms with Gasteiger partial charge in [0, 0.05) is 26.1 Å². The molecule has 1 N–H and O–H groups in total. The lowest BCUT2D eigenvalue weighted by molar-refractivity contribution is -0.153. The van der Waals surface area contributed by atoms with E-state index in [1.165, 1.54) is 0 Å². The van der Waals surface area contributed by atoms with Crippen LogP contribution >= 0.6 is 0 Å². The van der Waals surface area contributed by atoms with Crippen LogP contribution in [0.1, 0.15) is 56.1 Å². The van der Waals surface area contributed by atoms with Crippen molar-refractivity contribution in [1.82, 2.24) is 9.80 Å². The first kappa shape index (κ1) is 32.8. The number of rotatable bonds is 18. The molecule has 3 atom stereocenters. The van der Waals surface area contributed by atoms with Crippen LogP contribution in [-0.4, -0.2) is 65.0 Å². The Balaban J connectivity index is 1.62. The molecule has 2 aromatic rings. The summed E-state index contributed by atoms with van der Waals surface area (Å²) in [6, 6.07) is 19.3. The standard InChI is InChI=1S/C35H46N2O5/c1-3-5-8-19-31(24-28-15-9-6-10-16-28)35(41)42-27-32-20-13-21-37(32)34(40)30(14-4-2)25-33(39)36(22-23-38)26-29-17-11-7-12-18-29/h3-4,6-7,9-12,15-18,30-32,38H,1-2,5,8,13-14,19-27H2/t30-,31-,32+/m1/s1. The molecule has 226 valence electrons. The number of aliphatic hydroxyl groups is 1. The highest BCUT2D eigenvalue weighted by molar-refractivity contribution is 5.86. The van der Waals surface area contributed by atoms with Crippen molar-refractivity contribution in [2.45, 2.75) is 64.0 Å². The van der Waals surface area contributed by atoms with Crippen molar-refractivity contribution < 1.29 is 24.2 Å². The molecule has 3 rings (SSSR count). The number of unbranched alkanes of at least 4 members (excludes halogenated alkanes) is 1. The number of allylic oxidation sites excluding steroid dienone is 2. The van der Waals surface area contributed by atoms with Gasteiger partial charge in [0.25, 0.3) is 0 Å². The van der Waals surface area contributed by atoms with Crippen LogP contribution in [0, 0.1) is 11.8 Å². The summed E-state index contributed by atoms with van der Waals surface area (Å²) < 4.78 is 5.85. The van der Waals surface area contributed by atoms with Gasteiger partial charge in [-0.05, 0) is 56.1 Å². The normalized spacial score (nSPS) is 15.9. The van der Waals surface area contributed by atoms with E-state index in [4.69, 9.17) is 4.74 Å². The lowest BCUT2D eigenvalue weighted by Gasteiger charge is -2.30. The summed E-state index contributed by atoms with van der Waals surface area (Å²) in [4.78, 5) is 43.6. The van der Waals surface area contributed by atoms with E-state index < -0.39 is 5.92 Å². The van der Waals surface area contributed by atoms with E-state index in [1.807, 2.05) is 66.7 Å². The van der Waals surface area contributed by atoms with Gasteiger partial charge in [-0.3, -0.25) is 14.4 Å². The lowest BCUT2D eigenvalue weighted by Crippen LogP contribution is -2.44. The van der Waals surface area contributed by atoms with Crippen LogP contribution in [0.5, 0.6) is 0 Å². The lowest BCUT2D eigenvalue weighted by atomic mass is 9.94. The van der Waals surface area contributed by atoms with Crippen molar-refractivity contribution in [3.05, 3.63) is 97.1 Å². The van der Waals surface area contributed by atoms with Gasteiger partial charge in [-0.2, -0.15) is 0 Å². The van der Waals surface area contributed by atoms with Crippen molar-refractivity contribution in [3.63, 3.8) is 0 Å². The van der Waals surface area contributed by atoms with Crippen LogP contribution in [0.4, 0.5) is 0 Å². The third kappa shape index (κ3) is 10.3. The molecular formula is C35H46N2O5. The van der Waals surface area contributed by atoms with Gasteiger partial charge in [0.15, 0.2) is 0 Å². The van der Waals surface area contributed by atoms with E-state index in [1.54, 1.807) is 15.9 Å². The van der Waals surface area contributed by atoms with Crippen LogP contribution in [0.15, 0.2) is 86.0 Å². The predicted molar refractivity (Wildman–Crippen MR) is 165 cm³/mol. The second kappa shape index (κ2) is 18.0. The molecule has 1 saturated heterocycles. The van der Waals surface area contributed by atoms with Crippen molar-refractivity contribution in [1.29, 1.82) is 0 Å². The molecule has 2 amide bonds. The van der Waals surface area contributed by atoms with Crippen LogP contribution in [0.2, 0.25) is 0 Å². The Morgan fingerprint density at radius 2 is 1.69 bits per heavy atom. The number of esters is 1. The van der Waals surface area contributed by atoms with Crippen LogP contribution in [0.25, 0.3) is 0 Å². The third-order valence-electron chi connectivity index (χ3n) is 7.86. The van der Waals surface area contributed by atoms with Crippen LogP contribution in [-0.2, 0) is 32.1 Å². The number of carbonyl (C=O) groups is 3. The topological polar surface area (TPSA) is 87.2 Å². The van der Waals surface area contributed by atoms with Gasteiger partial charge in [0.2, 0.25) is 11.8 Å². The number of aliphatic hydroxyl groups excluding tert-OH is 1. The molecule has 0 radical (unpaired) electrons. The summed E-state index contributed by atoms with van der Waals surface area (Å²) in [5, 5.41) is 9.57. The minimum Gasteiger partial charge on any atom is -0.463 e. The number of amides is 2. The van der Waals surface area contributed by atoms with Crippen molar-refractivity contribution in [2.24, 2.45) is 11.8 Å². The molecule has 0 bridgehead atoms. The first-order valence-electron chi connectivity index (χ1n) is 15.1. The average molecular weight is 575 g/mol. The number of benzene rings is 2. The number of ether oxygens (including phenoxy) is 1. The molecule has 0 unspecified atom stereocenters. The van der Waals surface area contributed by atoms with Gasteiger partial charge in [-0.15, -0.1) is 13.2 Å². The summed E-state index contributed by atoms with van der Waals surface area (Å²) >= 11 is 0. The number of hydrogen-bond donors (Lipinski definition) is 1. The van der Waals surface area contributed by atoms with E-state index in [9.17, 15) is 19.5 Å². The fourth-order valence-electron chi connectivity index (χ4n) is 5.57. The van der Waals surface area contributed by atoms with Gasteiger partial charge < -0.3 is 19.6 Å². The quantitative estimate of drug-likeness (QED) is 0.148. The summed E-state index contributed by atoms with van der Waals surface area (Å²) in [5.74, 6) is -1.35. The van der Waals surface area contributed by atoms with Crippen molar-refractivity contribution in [2.75, 3.05) is 26.3 Å². The molecular weight excluding hydrogens is 528 g/mol. The minimum atomic E-state index is -0.562. The Morgan fingerprint density at radius 1 is 1.00 bits per heavy atom. The van der Waals surface area contributed by atoms with Crippen molar-refractivity contribution in [3.8, 4) is 0 Å². The predicted octanol–water partition coefficient (Wildman–Crippen LogP) is 5.34. The molecule has 7 heteroatoms. The molecule has 0 saturated carbocycles. The fraction of sp³-hybridized carbons (Fsp3) is 0.457. The van der Waals surface area contributed by atoms with E-state index in [0.717, 1.165) is 36.8 Å². The summed E-state index contributed by atoms with van der Waals surface area (Å²) in [6.45, 7) is 8.73. The van der Waals surface area contributed by atoms with E-state index in [2.05, 4.69) is 13.2 Å². The van der Waals surface area contributed by atoms with Crippen LogP contribution in [0.3, 0.4) is 0 Å². The number of carbonyl (C=O) groups excluding carboxylic acids is 3. The van der Waals surface area contributed by atoms with E-state index in [0.29, 0.717) is 32.4 Å². The zero-order valence-corrected chi connectivity index (χ0v) is 24.7. The molecule has 0 spiro atoms. The molecule has 1 heterocycles. The maximum atomic E-state index is 13.7. The molecule has 1 fully saturated rings. The van der Waals surface area contributed by atoms with E-state index in [-0.39, 0.29) is 55.9 Å². The van der Waals surface area contributed by atoms with Gasteiger partial charge in [0.1, 0.15) is 6.61 Å². The Bertz CT molecular complexity index is 1140. The highest BCUT2D eigenvalue weighted by atomic mass is 16.5. The number of hydrogen-bond acceptors (Lipinski definition) is 5. The first-order valence-corrected chi connectivity index (χ1v) is 15.1. The maximum absolute atomic E-state index is 13.7. The Hall–Kier alpha value is -3.71. The molecule has 2 aromatic carbocycles. The highest BCUT2D eigenvalue weighted by Gasteiger charge is 2.35. The first-order chi connectivity index (χ1) is 20.5. The van der Waals surface area contributed by atoms with Gasteiger partial charge >= 0.3 is 5.97 Å². The minimum absolute atomic E-state index is 0.0309. The highest BCUT2D eigenvalue weighted by Crippen LogP contribution is 2.25. The second-order valence-corrected chi connectivity index (χ2v) is 11.0. The number of nitrogens with zero attached hydrogens (tertiary/aromatic N) is 2. The smallest absolute Gasteiger partial charge is 0.309 e. The molecule has 42 heavy (non-hydrogen) atoms. The molecule has 7 nitrogen and oxygen atoms in total. The largest absolute Gasteiger partial charge is 0.463 e. The monoisotopic (exact) mass is 574 g/mol. The Kier molecular flexibility index (Phi) is 14.0. The summed E-state index contributed by atoms with van der Waals surface area (Å²) in [5.41, 5.74) is 2.05. The zero-order chi connectivity index (χ0) is 30.2. The molecule has 0 aliphatic carbocycles. The second-order valence-electron chi connectivity index (χ2n) is 11.0. The maximum Gasteiger partial charge on any atom is 0.309 e. The SMILES string of the molecule is C=CCCC[C@H](Cc1ccccc1)C(=O)OC[C@@H]1CCCN1C(=O)[C@H](CC=C)CC(=O)N(CCO)Cc1ccccc1. The fourth-order valence-corrected chi connectivity index (χ4v) is 5.57. The van der Waals surface area contributed by atoms with E-state index >= 15 is 0 Å². The van der Waals surface area contributed by atoms with Gasteiger partial charge in [-0.1, -0.05) is 72.8 Å². The molecule has 1 aliphatic rings. The molecule has 1 aliphatic heterocycles. The average Bonchev–Trinajstić information content (AvgIpc) is 3.48.